The van der Waals surface area contributed by atoms with E-state index in [2.05, 4.69) is 11.4 Å². The standard InChI is InChI=1S/C9H16N2OS/c10-7-9(11-8-1-2-8)3-5-13-6-4-12/h8-9,11-12H,1-6H2. The van der Waals surface area contributed by atoms with Crippen LogP contribution in [0.5, 0.6) is 0 Å². The summed E-state index contributed by atoms with van der Waals surface area (Å²) in [7, 11) is 0. The fraction of sp³-hybridized carbons (Fsp3) is 0.889. The van der Waals surface area contributed by atoms with E-state index in [1.54, 1.807) is 11.8 Å². The Morgan fingerprint density at radius 1 is 1.54 bits per heavy atom. The van der Waals surface area contributed by atoms with Crippen molar-refractivity contribution in [2.24, 2.45) is 0 Å². The number of nitrogens with zero attached hydrogens (tertiary/aromatic N) is 1. The summed E-state index contributed by atoms with van der Waals surface area (Å²) in [5.74, 6) is 1.74. The van der Waals surface area contributed by atoms with Gasteiger partial charge >= 0.3 is 0 Å². The van der Waals surface area contributed by atoms with Crippen molar-refractivity contribution in [3.63, 3.8) is 0 Å². The first-order valence-electron chi connectivity index (χ1n) is 4.71. The fourth-order valence-electron chi connectivity index (χ4n) is 1.09. The molecule has 1 saturated carbocycles. The monoisotopic (exact) mass is 200 g/mol. The van der Waals surface area contributed by atoms with Gasteiger partial charge in [0.1, 0.15) is 0 Å². The van der Waals surface area contributed by atoms with Crippen LogP contribution >= 0.6 is 11.8 Å². The Balaban J connectivity index is 1.99. The fourth-order valence-corrected chi connectivity index (χ4v) is 1.82. The molecule has 0 bridgehead atoms. The second-order valence-electron chi connectivity index (χ2n) is 3.25. The highest BCUT2D eigenvalue weighted by molar-refractivity contribution is 7.99. The zero-order valence-corrected chi connectivity index (χ0v) is 8.52. The summed E-state index contributed by atoms with van der Waals surface area (Å²) in [6, 6.07) is 2.88. The molecule has 2 N–H and O–H groups in total. The lowest BCUT2D eigenvalue weighted by molar-refractivity contribution is 0.322. The summed E-state index contributed by atoms with van der Waals surface area (Å²) in [6.45, 7) is 0.234. The van der Waals surface area contributed by atoms with Gasteiger partial charge in [0.2, 0.25) is 0 Å². The molecule has 4 heteroatoms. The van der Waals surface area contributed by atoms with E-state index in [0.717, 1.165) is 17.9 Å². The maximum Gasteiger partial charge on any atom is 0.0963 e. The molecule has 13 heavy (non-hydrogen) atoms. The summed E-state index contributed by atoms with van der Waals surface area (Å²) in [5.41, 5.74) is 0. The predicted molar refractivity (Wildman–Crippen MR) is 54.6 cm³/mol. The van der Waals surface area contributed by atoms with Crippen molar-refractivity contribution >= 4 is 11.8 Å². The second-order valence-corrected chi connectivity index (χ2v) is 4.47. The quantitative estimate of drug-likeness (QED) is 0.595. The molecule has 74 valence electrons. The molecule has 0 aliphatic heterocycles. The van der Waals surface area contributed by atoms with Crippen LogP contribution in [0, 0.1) is 11.3 Å². The van der Waals surface area contributed by atoms with E-state index < -0.39 is 0 Å². The largest absolute Gasteiger partial charge is 0.396 e. The van der Waals surface area contributed by atoms with Crippen LogP contribution in [-0.2, 0) is 0 Å². The number of hydrogen-bond acceptors (Lipinski definition) is 4. The van der Waals surface area contributed by atoms with Crippen molar-refractivity contribution in [1.82, 2.24) is 5.32 Å². The number of aliphatic hydroxyl groups is 1. The van der Waals surface area contributed by atoms with E-state index in [9.17, 15) is 0 Å². The average Bonchev–Trinajstić information content (AvgIpc) is 2.94. The first-order valence-corrected chi connectivity index (χ1v) is 5.86. The molecule has 1 rings (SSSR count). The number of nitriles is 1. The molecule has 0 aromatic carbocycles. The third kappa shape index (κ3) is 5.14. The van der Waals surface area contributed by atoms with Gasteiger partial charge in [0.15, 0.2) is 0 Å². The second kappa shape index (κ2) is 6.25. The van der Waals surface area contributed by atoms with Crippen LogP contribution in [0.2, 0.25) is 0 Å². The molecular weight excluding hydrogens is 184 g/mol. The molecule has 1 aliphatic carbocycles. The van der Waals surface area contributed by atoms with Crippen molar-refractivity contribution in [1.29, 1.82) is 5.26 Å². The van der Waals surface area contributed by atoms with Crippen LogP contribution in [0.15, 0.2) is 0 Å². The summed E-state index contributed by atoms with van der Waals surface area (Å²) < 4.78 is 0. The summed E-state index contributed by atoms with van der Waals surface area (Å²) in [6.07, 6.45) is 3.33. The van der Waals surface area contributed by atoms with Crippen molar-refractivity contribution in [3.8, 4) is 6.07 Å². The predicted octanol–water partition coefficient (Wildman–Crippen LogP) is 0.746. The first-order chi connectivity index (χ1) is 6.36. The van der Waals surface area contributed by atoms with Crippen LogP contribution in [0.1, 0.15) is 19.3 Å². The highest BCUT2D eigenvalue weighted by Crippen LogP contribution is 2.20. The maximum atomic E-state index is 8.79. The lowest BCUT2D eigenvalue weighted by atomic mass is 10.2. The Hall–Kier alpha value is -0.240. The van der Waals surface area contributed by atoms with Gasteiger partial charge in [-0.2, -0.15) is 17.0 Å². The molecule has 3 nitrogen and oxygen atoms in total. The van der Waals surface area contributed by atoms with Crippen molar-refractivity contribution in [2.75, 3.05) is 18.1 Å². The molecule has 0 heterocycles. The van der Waals surface area contributed by atoms with Crippen molar-refractivity contribution in [2.45, 2.75) is 31.3 Å². The van der Waals surface area contributed by atoms with Crippen LogP contribution in [0.3, 0.4) is 0 Å². The SMILES string of the molecule is N#CC(CCSCCO)NC1CC1. The van der Waals surface area contributed by atoms with Crippen molar-refractivity contribution in [3.05, 3.63) is 0 Å². The van der Waals surface area contributed by atoms with E-state index in [-0.39, 0.29) is 12.6 Å². The highest BCUT2D eigenvalue weighted by Gasteiger charge is 2.23. The van der Waals surface area contributed by atoms with E-state index in [1.807, 2.05) is 0 Å². The lowest BCUT2D eigenvalue weighted by Gasteiger charge is -2.09. The normalized spacial score (nSPS) is 18.2. The molecule has 0 saturated heterocycles. The Bertz CT molecular complexity index is 177. The Kier molecular flexibility index (Phi) is 5.21. The summed E-state index contributed by atoms with van der Waals surface area (Å²) >= 11 is 1.70. The van der Waals surface area contributed by atoms with Gasteiger partial charge in [0.25, 0.3) is 0 Å². The molecule has 0 aromatic rings. The third-order valence-corrected chi connectivity index (χ3v) is 2.95. The van der Waals surface area contributed by atoms with Gasteiger partial charge in [-0.15, -0.1) is 0 Å². The molecular formula is C9H16N2OS. The van der Waals surface area contributed by atoms with Crippen LogP contribution in [0.4, 0.5) is 0 Å². The maximum absolute atomic E-state index is 8.79. The summed E-state index contributed by atoms with van der Waals surface area (Å²) in [4.78, 5) is 0. The first kappa shape index (κ1) is 10.8. The zero-order chi connectivity index (χ0) is 9.52. The van der Waals surface area contributed by atoms with Crippen LogP contribution < -0.4 is 5.32 Å². The minimum absolute atomic E-state index is 0.0127. The molecule has 1 unspecified atom stereocenters. The number of aliphatic hydroxyl groups excluding tert-OH is 1. The van der Waals surface area contributed by atoms with Crippen LogP contribution in [-0.4, -0.2) is 35.3 Å². The zero-order valence-electron chi connectivity index (χ0n) is 7.70. The van der Waals surface area contributed by atoms with Crippen molar-refractivity contribution < 1.29 is 5.11 Å². The minimum atomic E-state index is 0.0127. The van der Waals surface area contributed by atoms with Gasteiger partial charge in [0, 0.05) is 11.8 Å². The molecule has 0 aromatic heterocycles. The average molecular weight is 200 g/mol. The lowest BCUT2D eigenvalue weighted by Crippen LogP contribution is -2.30. The smallest absolute Gasteiger partial charge is 0.0963 e. The number of thioether (sulfide) groups is 1. The Morgan fingerprint density at radius 3 is 2.85 bits per heavy atom. The molecule has 0 spiro atoms. The van der Waals surface area contributed by atoms with Crippen LogP contribution in [0.25, 0.3) is 0 Å². The van der Waals surface area contributed by atoms with Gasteiger partial charge < -0.3 is 5.11 Å². The number of hydrogen-bond donors (Lipinski definition) is 2. The molecule has 1 fully saturated rings. The van der Waals surface area contributed by atoms with Gasteiger partial charge in [-0.1, -0.05) is 0 Å². The van der Waals surface area contributed by atoms with Gasteiger partial charge in [-0.05, 0) is 25.0 Å². The minimum Gasteiger partial charge on any atom is -0.396 e. The van der Waals surface area contributed by atoms with Gasteiger partial charge in [-0.25, -0.2) is 0 Å². The topological polar surface area (TPSA) is 56.0 Å². The summed E-state index contributed by atoms with van der Waals surface area (Å²) in [5, 5.41) is 20.6. The van der Waals surface area contributed by atoms with E-state index in [1.165, 1.54) is 12.8 Å². The molecule has 1 aliphatic rings. The third-order valence-electron chi connectivity index (χ3n) is 1.96. The van der Waals surface area contributed by atoms with E-state index >= 15 is 0 Å². The molecule has 0 radical (unpaired) electrons. The highest BCUT2D eigenvalue weighted by atomic mass is 32.2. The number of rotatable bonds is 7. The molecule has 0 amide bonds. The molecule has 1 atom stereocenters. The number of nitrogens with one attached hydrogen (secondary N) is 1. The Labute approximate surface area is 83.5 Å². The Morgan fingerprint density at radius 2 is 2.31 bits per heavy atom. The van der Waals surface area contributed by atoms with E-state index in [4.69, 9.17) is 10.4 Å². The van der Waals surface area contributed by atoms with Gasteiger partial charge in [0.05, 0.1) is 18.7 Å². The van der Waals surface area contributed by atoms with E-state index in [0.29, 0.717) is 6.04 Å². The van der Waals surface area contributed by atoms with Gasteiger partial charge in [-0.3, -0.25) is 5.32 Å².